The van der Waals surface area contributed by atoms with Crippen molar-refractivity contribution >= 4 is 17.7 Å². The Hall–Kier alpha value is -2.03. The van der Waals surface area contributed by atoms with Gasteiger partial charge in [0.1, 0.15) is 5.82 Å². The van der Waals surface area contributed by atoms with Gasteiger partial charge in [-0.2, -0.15) is 0 Å². The van der Waals surface area contributed by atoms with Crippen LogP contribution in [0.15, 0.2) is 29.4 Å². The van der Waals surface area contributed by atoms with Crippen LogP contribution in [0.3, 0.4) is 0 Å². The quantitative estimate of drug-likeness (QED) is 0.511. The van der Waals surface area contributed by atoms with Crippen molar-refractivity contribution in [2.45, 2.75) is 37.9 Å². The molecule has 6 nitrogen and oxygen atoms in total. The topological polar surface area (TPSA) is 67.4 Å². The van der Waals surface area contributed by atoms with Gasteiger partial charge < -0.3 is 10.1 Å². The molecule has 1 atom stereocenters. The van der Waals surface area contributed by atoms with E-state index in [0.29, 0.717) is 32.6 Å². The van der Waals surface area contributed by atoms with Crippen molar-refractivity contribution in [3.8, 4) is 0 Å². The van der Waals surface area contributed by atoms with Crippen LogP contribution in [-0.4, -0.2) is 59.9 Å². The zero-order valence-electron chi connectivity index (χ0n) is 17.8. The second-order valence-corrected chi connectivity index (χ2v) is 8.15. The largest absolute Gasteiger partial charge is 0.379 e. The van der Waals surface area contributed by atoms with E-state index in [1.165, 1.54) is 23.9 Å². The summed E-state index contributed by atoms with van der Waals surface area (Å²) in [7, 11) is 0. The predicted octanol–water partition coefficient (Wildman–Crippen LogP) is 3.08. The molecule has 3 rings (SSSR count). The minimum absolute atomic E-state index is 0.00822. The van der Waals surface area contributed by atoms with Crippen LogP contribution < -0.4 is 5.32 Å². The number of ether oxygens (including phenoxy) is 1. The van der Waals surface area contributed by atoms with Crippen molar-refractivity contribution < 1.29 is 13.9 Å². The Morgan fingerprint density at radius 2 is 1.83 bits per heavy atom. The molecule has 0 saturated carbocycles. The van der Waals surface area contributed by atoms with E-state index in [-0.39, 0.29) is 17.8 Å². The van der Waals surface area contributed by atoms with E-state index in [1.807, 2.05) is 20.1 Å². The zero-order chi connectivity index (χ0) is 21.5. The summed E-state index contributed by atoms with van der Waals surface area (Å²) in [6, 6.07) is 6.51. The van der Waals surface area contributed by atoms with E-state index in [2.05, 4.69) is 20.2 Å². The Labute approximate surface area is 181 Å². The number of morpholine rings is 1. The van der Waals surface area contributed by atoms with Gasteiger partial charge >= 0.3 is 0 Å². The molecular weight excluding hydrogens is 403 g/mol. The van der Waals surface area contributed by atoms with E-state index in [4.69, 9.17) is 4.74 Å². The summed E-state index contributed by atoms with van der Waals surface area (Å²) < 4.78 is 18.8. The second kappa shape index (κ2) is 10.8. The number of rotatable bonds is 8. The van der Waals surface area contributed by atoms with Gasteiger partial charge in [-0.1, -0.05) is 23.9 Å². The maximum atomic E-state index is 13.4. The van der Waals surface area contributed by atoms with Gasteiger partial charge in [-0.15, -0.1) is 0 Å². The van der Waals surface area contributed by atoms with Crippen molar-refractivity contribution in [1.82, 2.24) is 20.2 Å². The van der Waals surface area contributed by atoms with Crippen LogP contribution >= 0.6 is 11.8 Å². The summed E-state index contributed by atoms with van der Waals surface area (Å²) in [5, 5.41) is 3.82. The Kier molecular flexibility index (Phi) is 8.18. The average molecular weight is 433 g/mol. The molecule has 1 N–H and O–H groups in total. The van der Waals surface area contributed by atoms with E-state index in [0.717, 1.165) is 40.8 Å². The molecule has 1 amide bonds. The van der Waals surface area contributed by atoms with Gasteiger partial charge in [-0.05, 0) is 49.8 Å². The number of thioether (sulfide) groups is 1. The number of nitrogens with one attached hydrogen (secondary N) is 1. The van der Waals surface area contributed by atoms with Crippen LogP contribution in [-0.2, 0) is 16.0 Å². The number of carbonyl (C=O) groups excluding carboxylic acids is 1. The number of aromatic nitrogens is 2. The summed E-state index contributed by atoms with van der Waals surface area (Å²) in [5.74, 6) is -0.271. The summed E-state index contributed by atoms with van der Waals surface area (Å²) in [6.07, 6.45) is 2.94. The minimum Gasteiger partial charge on any atom is -0.379 e. The van der Waals surface area contributed by atoms with E-state index in [1.54, 1.807) is 12.1 Å². The highest BCUT2D eigenvalue weighted by atomic mass is 32.2. The predicted molar refractivity (Wildman–Crippen MR) is 116 cm³/mol. The number of nitrogens with zero attached hydrogens (tertiary/aromatic N) is 3. The van der Waals surface area contributed by atoms with Crippen LogP contribution in [0, 0.1) is 19.7 Å². The lowest BCUT2D eigenvalue weighted by atomic mass is 10.0. The first kappa shape index (κ1) is 22.7. The molecule has 0 radical (unpaired) electrons. The number of aryl methyl sites for hydroxylation is 2. The highest BCUT2D eigenvalue weighted by Crippen LogP contribution is 2.22. The fraction of sp³-hybridized carbons (Fsp3) is 0.500. The van der Waals surface area contributed by atoms with Crippen LogP contribution in [0.4, 0.5) is 4.39 Å². The lowest BCUT2D eigenvalue weighted by molar-refractivity contribution is -0.121. The second-order valence-electron chi connectivity index (χ2n) is 7.38. The Morgan fingerprint density at radius 1 is 1.20 bits per heavy atom. The van der Waals surface area contributed by atoms with Crippen molar-refractivity contribution in [2.24, 2.45) is 0 Å². The number of hydrogen-bond donors (Lipinski definition) is 1. The number of amides is 1. The van der Waals surface area contributed by atoms with E-state index < -0.39 is 0 Å². The normalized spacial score (nSPS) is 15.7. The fourth-order valence-electron chi connectivity index (χ4n) is 3.73. The number of hydrogen-bond acceptors (Lipinski definition) is 6. The van der Waals surface area contributed by atoms with Gasteiger partial charge in [-0.25, -0.2) is 14.4 Å². The highest BCUT2D eigenvalue weighted by Gasteiger charge is 2.23. The van der Waals surface area contributed by atoms with Crippen LogP contribution in [0.5, 0.6) is 0 Å². The summed E-state index contributed by atoms with van der Waals surface area (Å²) in [5.41, 5.74) is 3.88. The Morgan fingerprint density at radius 3 is 2.43 bits per heavy atom. The van der Waals surface area contributed by atoms with E-state index >= 15 is 0 Å². The first-order chi connectivity index (χ1) is 14.5. The molecule has 0 aliphatic carbocycles. The monoisotopic (exact) mass is 432 g/mol. The summed E-state index contributed by atoms with van der Waals surface area (Å²) >= 11 is 1.52. The molecule has 2 heterocycles. The zero-order valence-corrected chi connectivity index (χ0v) is 18.6. The number of halogens is 1. The average Bonchev–Trinajstić information content (AvgIpc) is 2.75. The molecule has 1 saturated heterocycles. The molecule has 1 aliphatic rings. The van der Waals surface area contributed by atoms with Crippen molar-refractivity contribution in [2.75, 3.05) is 39.1 Å². The van der Waals surface area contributed by atoms with Gasteiger partial charge in [0, 0.05) is 37.4 Å². The first-order valence-corrected chi connectivity index (χ1v) is 11.4. The molecule has 30 heavy (non-hydrogen) atoms. The molecule has 0 bridgehead atoms. The minimum atomic E-state index is -0.260. The van der Waals surface area contributed by atoms with Crippen molar-refractivity contribution in [3.63, 3.8) is 0 Å². The van der Waals surface area contributed by atoms with Crippen LogP contribution in [0.2, 0.25) is 0 Å². The lowest BCUT2D eigenvalue weighted by Crippen LogP contribution is -2.43. The third kappa shape index (κ3) is 6.00. The SMILES string of the molecule is CSc1nc(C)c(CCC(=O)NCC(c2ccc(F)cc2)N2CCOCC2)c(C)n1. The van der Waals surface area contributed by atoms with Crippen LogP contribution in [0.25, 0.3) is 0 Å². The third-order valence-corrected chi connectivity index (χ3v) is 5.97. The number of carbonyl (C=O) groups is 1. The third-order valence-electron chi connectivity index (χ3n) is 5.42. The molecule has 1 aromatic heterocycles. The maximum absolute atomic E-state index is 13.4. The summed E-state index contributed by atoms with van der Waals surface area (Å²) in [6.45, 7) is 7.30. The molecule has 1 aliphatic heterocycles. The Bertz CT molecular complexity index is 834. The standard InChI is InChI=1S/C22H29FN4O2S/c1-15-19(16(2)26-22(25-15)30-3)8-9-21(28)24-14-20(27-10-12-29-13-11-27)17-4-6-18(23)7-5-17/h4-7,20H,8-14H2,1-3H3,(H,24,28). The van der Waals surface area contributed by atoms with Gasteiger partial charge in [0.15, 0.2) is 5.16 Å². The van der Waals surface area contributed by atoms with Gasteiger partial charge in [0.25, 0.3) is 0 Å². The lowest BCUT2D eigenvalue weighted by Gasteiger charge is -2.35. The van der Waals surface area contributed by atoms with Crippen molar-refractivity contribution in [3.05, 3.63) is 52.6 Å². The fourth-order valence-corrected chi connectivity index (χ4v) is 4.19. The molecule has 1 fully saturated rings. The smallest absolute Gasteiger partial charge is 0.220 e. The van der Waals surface area contributed by atoms with Gasteiger partial charge in [0.05, 0.1) is 19.3 Å². The molecule has 1 unspecified atom stereocenters. The molecule has 2 aromatic rings. The van der Waals surface area contributed by atoms with E-state index in [9.17, 15) is 9.18 Å². The maximum Gasteiger partial charge on any atom is 0.220 e. The molecule has 162 valence electrons. The molecule has 8 heteroatoms. The Balaban J connectivity index is 1.61. The van der Waals surface area contributed by atoms with Gasteiger partial charge in [0.2, 0.25) is 5.91 Å². The molecular formula is C22H29FN4O2S. The summed E-state index contributed by atoms with van der Waals surface area (Å²) in [4.78, 5) is 23.8. The molecule has 1 aromatic carbocycles. The highest BCUT2D eigenvalue weighted by molar-refractivity contribution is 7.98. The van der Waals surface area contributed by atoms with Crippen LogP contribution in [0.1, 0.15) is 35.0 Å². The first-order valence-electron chi connectivity index (χ1n) is 10.2. The van der Waals surface area contributed by atoms with Gasteiger partial charge in [-0.3, -0.25) is 9.69 Å². The molecule has 0 spiro atoms. The van der Waals surface area contributed by atoms with Crippen molar-refractivity contribution in [1.29, 1.82) is 0 Å². The number of benzene rings is 1.